The number of aromatic hydroxyl groups is 3. The molecule has 0 saturated heterocycles. The van der Waals surface area contributed by atoms with Gasteiger partial charge in [0.15, 0.2) is 28.8 Å². The summed E-state index contributed by atoms with van der Waals surface area (Å²) in [5.74, 6) is -0.127. The topological polar surface area (TPSA) is 164 Å². The predicted molar refractivity (Wildman–Crippen MR) is 289 cm³/mol. The number of aromatic amines is 1. The molecule has 2 heterocycles. The fraction of sp³-hybridized carbons (Fsp3) is 0.450. The van der Waals surface area contributed by atoms with Crippen molar-refractivity contribution in [2.24, 2.45) is 17.8 Å². The highest BCUT2D eigenvalue weighted by Gasteiger charge is 2.58. The third kappa shape index (κ3) is 9.63. The van der Waals surface area contributed by atoms with Gasteiger partial charge in [0.05, 0.1) is 30.8 Å². The van der Waals surface area contributed by atoms with Crippen LogP contribution in [0.4, 0.5) is 0 Å². The van der Waals surface area contributed by atoms with Crippen LogP contribution in [0.5, 0.6) is 28.7 Å². The molecule has 10 rings (SSSR count). The number of hydrogen-bond acceptors (Lipinski definition) is 11. The molecule has 3 fully saturated rings. The molecule has 6 unspecified atom stereocenters. The number of methoxy groups -OCH3 is 1. The number of H-pyrrole nitrogens is 1. The number of aromatic nitrogens is 1. The Morgan fingerprint density at radius 2 is 1.62 bits per heavy atom. The molecule has 6 atom stereocenters. The maximum absolute atomic E-state index is 16.7. The Hall–Kier alpha value is -5.11. The molecule has 72 heavy (non-hydrogen) atoms. The lowest BCUT2D eigenvalue weighted by atomic mass is 9.55. The number of aliphatic hydroxyl groups is 2. The number of ether oxygens (including phenoxy) is 2. The van der Waals surface area contributed by atoms with E-state index in [0.717, 1.165) is 85.4 Å². The molecule has 10 nitrogen and oxygen atoms in total. The van der Waals surface area contributed by atoms with Crippen molar-refractivity contribution in [3.8, 4) is 28.7 Å². The molecule has 6 aromatic rings. The second-order valence-corrected chi connectivity index (χ2v) is 23.6. The summed E-state index contributed by atoms with van der Waals surface area (Å²) in [7, 11) is 6.94. The SMILES string of the molecule is CCc1ccc2cccc3c2c1Cc1c(ccc(O)c1OC)CC(Cc1cc[nH]c1)C(O)C1C(=O)C(Cc2ccc(O)c(OC4CCCC4)c2)(c2cc(O)cc(C4(NC)CCCC4)c2)C(O)CC1CSSC3. The molecule has 1 aromatic heterocycles. The highest BCUT2D eigenvalue weighted by atomic mass is 33.1. The van der Waals surface area contributed by atoms with Gasteiger partial charge in [0, 0.05) is 47.3 Å². The van der Waals surface area contributed by atoms with Crippen molar-refractivity contribution in [1.29, 1.82) is 0 Å². The van der Waals surface area contributed by atoms with Crippen molar-refractivity contribution < 1.29 is 39.8 Å². The van der Waals surface area contributed by atoms with Gasteiger partial charge in [0.25, 0.3) is 0 Å². The first-order valence-corrected chi connectivity index (χ1v) is 28.6. The quantitative estimate of drug-likeness (QED) is 0.0618. The van der Waals surface area contributed by atoms with Gasteiger partial charge in [-0.1, -0.05) is 89.9 Å². The first kappa shape index (κ1) is 50.4. The number of aliphatic hydroxyl groups excluding tert-OH is 2. The number of Topliss-reactive ketones (excluding diaryl/α,β-unsaturated/α-hetero) is 1. The number of aryl methyl sites for hydroxylation is 1. The largest absolute Gasteiger partial charge is 0.508 e. The van der Waals surface area contributed by atoms with E-state index in [0.29, 0.717) is 53.4 Å². The molecular weight excluding hydrogens is 941 g/mol. The summed E-state index contributed by atoms with van der Waals surface area (Å²) in [6.45, 7) is 2.17. The van der Waals surface area contributed by atoms with Crippen LogP contribution in [0.3, 0.4) is 0 Å². The van der Waals surface area contributed by atoms with Crippen LogP contribution >= 0.6 is 21.6 Å². The molecule has 1 aliphatic heterocycles. The Kier molecular flexibility index (Phi) is 15.0. The lowest BCUT2D eigenvalue weighted by Gasteiger charge is -2.49. The Morgan fingerprint density at radius 1 is 0.833 bits per heavy atom. The number of fused-ring (bicyclic) bond motifs is 2. The van der Waals surface area contributed by atoms with Crippen LogP contribution in [0.2, 0.25) is 0 Å². The van der Waals surface area contributed by atoms with Crippen molar-refractivity contribution in [3.05, 3.63) is 147 Å². The third-order valence-corrected chi connectivity index (χ3v) is 19.5. The summed E-state index contributed by atoms with van der Waals surface area (Å²) in [5.41, 5.74) is 6.36. The van der Waals surface area contributed by atoms with Gasteiger partial charge in [0.2, 0.25) is 0 Å². The van der Waals surface area contributed by atoms with Gasteiger partial charge in [-0.25, -0.2) is 0 Å². The number of phenols is 3. The summed E-state index contributed by atoms with van der Waals surface area (Å²) in [4.78, 5) is 19.9. The van der Waals surface area contributed by atoms with E-state index in [1.165, 1.54) is 22.1 Å². The van der Waals surface area contributed by atoms with Crippen LogP contribution in [0, 0.1) is 17.8 Å². The average Bonchev–Trinajstić information content (AvgIpc) is 4.21. The minimum absolute atomic E-state index is 0.0115. The first-order valence-electron chi connectivity index (χ1n) is 26.1. The lowest BCUT2D eigenvalue weighted by Crippen LogP contribution is -2.61. The molecule has 3 aliphatic carbocycles. The van der Waals surface area contributed by atoms with Crippen LogP contribution in [-0.4, -0.2) is 74.5 Å². The smallest absolute Gasteiger partial charge is 0.164 e. The average molecular weight is 1010 g/mol. The van der Waals surface area contributed by atoms with Crippen molar-refractivity contribution in [3.63, 3.8) is 0 Å². The number of benzene rings is 5. The summed E-state index contributed by atoms with van der Waals surface area (Å²) in [6, 6.07) is 27.2. The summed E-state index contributed by atoms with van der Waals surface area (Å²) < 4.78 is 12.5. The molecule has 0 bridgehead atoms. The van der Waals surface area contributed by atoms with Crippen LogP contribution in [0.25, 0.3) is 10.8 Å². The van der Waals surface area contributed by atoms with Crippen molar-refractivity contribution in [2.45, 2.75) is 132 Å². The highest BCUT2D eigenvalue weighted by molar-refractivity contribution is 8.76. The second kappa shape index (κ2) is 21.4. The molecule has 5 aromatic carbocycles. The van der Waals surface area contributed by atoms with Crippen LogP contribution in [-0.2, 0) is 53.6 Å². The predicted octanol–water partition coefficient (Wildman–Crippen LogP) is 11.2. The fourth-order valence-corrected chi connectivity index (χ4v) is 15.7. The number of phenolic OH excluding ortho intramolecular Hbond substituents is 3. The van der Waals surface area contributed by atoms with E-state index in [-0.39, 0.29) is 42.0 Å². The lowest BCUT2D eigenvalue weighted by molar-refractivity contribution is -0.149. The maximum atomic E-state index is 16.7. The molecule has 7 N–H and O–H groups in total. The van der Waals surface area contributed by atoms with Gasteiger partial charge in [-0.15, -0.1) is 0 Å². The Balaban J connectivity index is 1.14. The minimum atomic E-state index is -1.62. The summed E-state index contributed by atoms with van der Waals surface area (Å²) >= 11 is 0. The van der Waals surface area contributed by atoms with Crippen molar-refractivity contribution in [2.75, 3.05) is 19.9 Å². The van der Waals surface area contributed by atoms with E-state index < -0.39 is 40.9 Å². The van der Waals surface area contributed by atoms with E-state index in [4.69, 9.17) is 9.47 Å². The van der Waals surface area contributed by atoms with Crippen LogP contribution in [0.15, 0.2) is 97.3 Å². The maximum Gasteiger partial charge on any atom is 0.164 e. The normalized spacial score (nSPS) is 24.8. The molecule has 12 heteroatoms. The zero-order valence-electron chi connectivity index (χ0n) is 41.8. The van der Waals surface area contributed by atoms with E-state index in [2.05, 4.69) is 47.6 Å². The molecule has 0 spiro atoms. The standard InChI is InChI=1S/C60H70N2O8S2/c1-4-38-15-16-39-10-9-11-41-34-71-72-35-43-27-53(66)60(32-36-14-18-50(64)52(25-36)70-47-12-5-6-13-47,45-28-44(29-46(63)30-45)59(61-2)21-7-8-22-59)58(68)55(43)56(67)42(24-37-20-23-62-33-37)26-40-17-19-51(65)57(69-3)49(40)31-48(38)54(39)41/h9-11,14-20,23,25,28-30,33,42-43,47,53,55-56,61-67H,4-8,12-13,21-22,24,26-27,31-32,34-35H2,1-3H3. The van der Waals surface area contributed by atoms with Crippen molar-refractivity contribution in [1.82, 2.24) is 10.3 Å². The van der Waals surface area contributed by atoms with E-state index in [1.807, 2.05) is 43.7 Å². The molecule has 3 saturated carbocycles. The van der Waals surface area contributed by atoms with Crippen molar-refractivity contribution >= 4 is 38.1 Å². The van der Waals surface area contributed by atoms with E-state index in [1.54, 1.807) is 59.0 Å². The Morgan fingerprint density at radius 3 is 2.38 bits per heavy atom. The van der Waals surface area contributed by atoms with Gasteiger partial charge in [-0.05, 0) is 181 Å². The first-order chi connectivity index (χ1) is 34.9. The van der Waals surface area contributed by atoms with Gasteiger partial charge in [0.1, 0.15) is 5.75 Å². The van der Waals surface area contributed by atoms with E-state index >= 15 is 4.79 Å². The molecule has 0 amide bonds. The van der Waals surface area contributed by atoms with Gasteiger partial charge < -0.3 is 45.3 Å². The molecular formula is C60H70N2O8S2. The van der Waals surface area contributed by atoms with E-state index in [9.17, 15) is 25.5 Å². The Bertz CT molecular complexity index is 2890. The number of nitrogens with one attached hydrogen (secondary N) is 2. The van der Waals surface area contributed by atoms with Gasteiger partial charge in [-0.3, -0.25) is 4.79 Å². The monoisotopic (exact) mass is 1010 g/mol. The third-order valence-electron chi connectivity index (χ3n) is 17.1. The fourth-order valence-electron chi connectivity index (χ4n) is 13.2. The minimum Gasteiger partial charge on any atom is -0.508 e. The van der Waals surface area contributed by atoms with Crippen LogP contribution < -0.4 is 14.8 Å². The van der Waals surface area contributed by atoms with Gasteiger partial charge in [-0.2, -0.15) is 0 Å². The number of rotatable bonds is 11. The number of hydrogen-bond donors (Lipinski definition) is 7. The zero-order chi connectivity index (χ0) is 50.1. The van der Waals surface area contributed by atoms with Crippen LogP contribution in [0.1, 0.15) is 115 Å². The zero-order valence-corrected chi connectivity index (χ0v) is 43.4. The Labute approximate surface area is 431 Å². The number of ketones is 1. The molecule has 4 aliphatic rings. The molecule has 380 valence electrons. The number of carbonyl (C=O) groups excluding carboxylic acids is 1. The summed E-state index contributed by atoms with van der Waals surface area (Å²) in [5, 5.41) is 67.1. The van der Waals surface area contributed by atoms with Gasteiger partial charge >= 0.3 is 0 Å². The summed E-state index contributed by atoms with van der Waals surface area (Å²) in [6.07, 6.45) is 11.4. The molecule has 0 radical (unpaired) electrons. The highest BCUT2D eigenvalue weighted by Crippen LogP contribution is 2.52. The second-order valence-electron chi connectivity index (χ2n) is 21.1. The number of carbonyl (C=O) groups is 1.